The molecule has 0 N–H and O–H groups in total. The highest BCUT2D eigenvalue weighted by Gasteiger charge is 2.22. The van der Waals surface area contributed by atoms with Crippen molar-refractivity contribution in [2.75, 3.05) is 13.2 Å². The summed E-state index contributed by atoms with van der Waals surface area (Å²) in [6, 6.07) is 6.27. The quantitative estimate of drug-likeness (QED) is 0.671. The summed E-state index contributed by atoms with van der Waals surface area (Å²) in [4.78, 5) is 17.4. The third kappa shape index (κ3) is 3.14. The van der Waals surface area contributed by atoms with E-state index < -0.39 is 0 Å². The molecular weight excluding hydrogens is 389 g/mol. The Hall–Kier alpha value is -1.99. The lowest BCUT2D eigenvalue weighted by Gasteiger charge is -2.21. The minimum atomic E-state index is -0.311. The number of rotatable bonds is 3. The second-order valence-corrected chi connectivity index (χ2v) is 7.04. The number of imidazole rings is 1. The van der Waals surface area contributed by atoms with Gasteiger partial charge in [0.2, 0.25) is 0 Å². The molecule has 2 aromatic heterocycles. The van der Waals surface area contributed by atoms with Crippen LogP contribution in [0.4, 0.5) is 4.39 Å². The Labute approximate surface area is 152 Å². The van der Waals surface area contributed by atoms with Crippen LogP contribution in [0.25, 0.3) is 5.52 Å². The summed E-state index contributed by atoms with van der Waals surface area (Å²) in [7, 11) is 0. The lowest BCUT2D eigenvalue weighted by atomic mass is 10.00. The van der Waals surface area contributed by atoms with Gasteiger partial charge in [0, 0.05) is 25.3 Å². The largest absolute Gasteiger partial charge is 0.381 e. The molecule has 0 saturated carbocycles. The standard InChI is InChI=1S/C18H17BrFN3O2/c19-16-11-22-15(9-21-17(22)13-4-6-25-7-5-13)18(24)23(16)10-12-2-1-3-14(20)8-12/h1-3,8-9,11,13H,4-7,10H2. The molecule has 0 radical (unpaired) electrons. The number of nitrogens with zero attached hydrogens (tertiary/aromatic N) is 3. The van der Waals surface area contributed by atoms with E-state index >= 15 is 0 Å². The van der Waals surface area contributed by atoms with Crippen LogP contribution >= 0.6 is 15.9 Å². The van der Waals surface area contributed by atoms with E-state index in [4.69, 9.17) is 4.74 Å². The molecule has 7 heteroatoms. The maximum Gasteiger partial charge on any atom is 0.277 e. The predicted molar refractivity (Wildman–Crippen MR) is 95.4 cm³/mol. The number of aromatic nitrogens is 3. The van der Waals surface area contributed by atoms with Crippen LogP contribution in [-0.4, -0.2) is 27.2 Å². The summed E-state index contributed by atoms with van der Waals surface area (Å²) in [5.41, 5.74) is 1.11. The molecule has 4 rings (SSSR count). The topological polar surface area (TPSA) is 48.5 Å². The van der Waals surface area contributed by atoms with Gasteiger partial charge in [0.05, 0.1) is 12.7 Å². The molecule has 0 bridgehead atoms. The van der Waals surface area contributed by atoms with Crippen LogP contribution in [0.2, 0.25) is 0 Å². The van der Waals surface area contributed by atoms with Gasteiger partial charge in [0.15, 0.2) is 0 Å². The third-order valence-electron chi connectivity index (χ3n) is 4.60. The van der Waals surface area contributed by atoms with Crippen LogP contribution in [0.1, 0.15) is 30.1 Å². The summed E-state index contributed by atoms with van der Waals surface area (Å²) in [5, 5.41) is 0. The highest BCUT2D eigenvalue weighted by Crippen LogP contribution is 2.26. The van der Waals surface area contributed by atoms with Crippen molar-refractivity contribution in [1.82, 2.24) is 14.0 Å². The van der Waals surface area contributed by atoms with Gasteiger partial charge in [-0.1, -0.05) is 12.1 Å². The average Bonchev–Trinajstić information content (AvgIpc) is 3.03. The zero-order valence-electron chi connectivity index (χ0n) is 13.5. The first kappa shape index (κ1) is 16.5. The van der Waals surface area contributed by atoms with Crippen molar-refractivity contribution in [2.24, 2.45) is 0 Å². The summed E-state index contributed by atoms with van der Waals surface area (Å²) >= 11 is 3.48. The zero-order valence-corrected chi connectivity index (χ0v) is 15.1. The Balaban J connectivity index is 1.76. The van der Waals surface area contributed by atoms with Gasteiger partial charge in [-0.2, -0.15) is 0 Å². The van der Waals surface area contributed by atoms with E-state index in [2.05, 4.69) is 20.9 Å². The van der Waals surface area contributed by atoms with Gasteiger partial charge in [-0.25, -0.2) is 9.37 Å². The molecule has 0 unspecified atom stereocenters. The molecule has 1 saturated heterocycles. The van der Waals surface area contributed by atoms with Gasteiger partial charge in [-0.05, 0) is 46.5 Å². The molecular formula is C18H17BrFN3O2. The third-order valence-corrected chi connectivity index (χ3v) is 5.23. The van der Waals surface area contributed by atoms with Crippen LogP contribution in [0.15, 0.2) is 46.1 Å². The van der Waals surface area contributed by atoms with Crippen LogP contribution < -0.4 is 5.56 Å². The average molecular weight is 406 g/mol. The molecule has 5 nitrogen and oxygen atoms in total. The van der Waals surface area contributed by atoms with E-state index in [-0.39, 0.29) is 11.4 Å². The fourth-order valence-corrected chi connectivity index (χ4v) is 3.79. The van der Waals surface area contributed by atoms with E-state index in [0.29, 0.717) is 22.6 Å². The molecule has 1 fully saturated rings. The van der Waals surface area contributed by atoms with Crippen LogP contribution in [0, 0.1) is 5.82 Å². The van der Waals surface area contributed by atoms with E-state index in [0.717, 1.165) is 37.4 Å². The highest BCUT2D eigenvalue weighted by molar-refractivity contribution is 9.10. The number of hydrogen-bond acceptors (Lipinski definition) is 3. The fraction of sp³-hybridized carbons (Fsp3) is 0.333. The molecule has 3 heterocycles. The van der Waals surface area contributed by atoms with Crippen molar-refractivity contribution in [1.29, 1.82) is 0 Å². The zero-order chi connectivity index (χ0) is 17.4. The van der Waals surface area contributed by atoms with Crippen molar-refractivity contribution in [3.8, 4) is 0 Å². The van der Waals surface area contributed by atoms with Gasteiger partial charge in [-0.3, -0.25) is 13.8 Å². The van der Waals surface area contributed by atoms with Gasteiger partial charge in [0.1, 0.15) is 21.8 Å². The number of halogens is 2. The molecule has 0 atom stereocenters. The summed E-state index contributed by atoms with van der Waals surface area (Å²) < 4.78 is 22.9. The Morgan fingerprint density at radius 1 is 1.32 bits per heavy atom. The van der Waals surface area contributed by atoms with Crippen molar-refractivity contribution >= 4 is 21.4 Å². The SMILES string of the molecule is O=c1c2cnc(C3CCOCC3)n2cc(Br)n1Cc1cccc(F)c1. The summed E-state index contributed by atoms with van der Waals surface area (Å²) in [6.45, 7) is 1.74. The first-order valence-electron chi connectivity index (χ1n) is 8.22. The normalized spacial score (nSPS) is 15.8. The second-order valence-electron chi connectivity index (χ2n) is 6.23. The molecule has 1 aromatic carbocycles. The van der Waals surface area contributed by atoms with Crippen LogP contribution in [0.3, 0.4) is 0 Å². The predicted octanol–water partition coefficient (Wildman–Crippen LogP) is 3.34. The number of benzene rings is 1. The molecule has 3 aromatic rings. The van der Waals surface area contributed by atoms with Gasteiger partial charge < -0.3 is 4.74 Å². The maximum absolute atomic E-state index is 13.4. The van der Waals surface area contributed by atoms with Gasteiger partial charge in [-0.15, -0.1) is 0 Å². The molecule has 0 aliphatic carbocycles. The van der Waals surface area contributed by atoms with Crippen molar-refractivity contribution in [3.05, 3.63) is 68.8 Å². The Bertz CT molecular complexity index is 976. The molecule has 25 heavy (non-hydrogen) atoms. The van der Waals surface area contributed by atoms with Gasteiger partial charge >= 0.3 is 0 Å². The molecule has 1 aliphatic heterocycles. The lowest BCUT2D eigenvalue weighted by Crippen LogP contribution is -2.24. The minimum Gasteiger partial charge on any atom is -0.381 e. The van der Waals surface area contributed by atoms with Crippen LogP contribution in [0.5, 0.6) is 0 Å². The molecule has 1 aliphatic rings. The Morgan fingerprint density at radius 2 is 2.12 bits per heavy atom. The maximum atomic E-state index is 13.4. The second kappa shape index (κ2) is 6.72. The highest BCUT2D eigenvalue weighted by atomic mass is 79.9. The summed E-state index contributed by atoms with van der Waals surface area (Å²) in [6.07, 6.45) is 5.31. The van der Waals surface area contributed by atoms with Crippen molar-refractivity contribution in [3.63, 3.8) is 0 Å². The van der Waals surface area contributed by atoms with E-state index in [1.165, 1.54) is 12.1 Å². The minimum absolute atomic E-state index is 0.149. The summed E-state index contributed by atoms with van der Waals surface area (Å²) in [5.74, 6) is 0.879. The van der Waals surface area contributed by atoms with E-state index in [1.807, 2.05) is 10.6 Å². The first-order valence-corrected chi connectivity index (χ1v) is 9.01. The molecule has 0 amide bonds. The Morgan fingerprint density at radius 3 is 2.88 bits per heavy atom. The molecule has 0 spiro atoms. The lowest BCUT2D eigenvalue weighted by molar-refractivity contribution is 0.0835. The number of ether oxygens (including phenoxy) is 1. The van der Waals surface area contributed by atoms with Crippen LogP contribution in [-0.2, 0) is 11.3 Å². The van der Waals surface area contributed by atoms with Crippen molar-refractivity contribution in [2.45, 2.75) is 25.3 Å². The first-order chi connectivity index (χ1) is 12.1. The smallest absolute Gasteiger partial charge is 0.277 e. The fourth-order valence-electron chi connectivity index (χ4n) is 3.30. The van der Waals surface area contributed by atoms with Gasteiger partial charge in [0.25, 0.3) is 5.56 Å². The van der Waals surface area contributed by atoms with E-state index in [9.17, 15) is 9.18 Å². The monoisotopic (exact) mass is 405 g/mol. The number of fused-ring (bicyclic) bond motifs is 1. The van der Waals surface area contributed by atoms with E-state index in [1.54, 1.807) is 22.9 Å². The Kier molecular flexibility index (Phi) is 4.43. The molecule has 130 valence electrons. The van der Waals surface area contributed by atoms with Crippen molar-refractivity contribution < 1.29 is 9.13 Å². The number of hydrogen-bond donors (Lipinski definition) is 0.